The van der Waals surface area contributed by atoms with Crippen molar-refractivity contribution in [1.82, 2.24) is 0 Å². The van der Waals surface area contributed by atoms with E-state index in [0.717, 1.165) is 17.4 Å². The summed E-state index contributed by atoms with van der Waals surface area (Å²) < 4.78 is 10.8. The van der Waals surface area contributed by atoms with Gasteiger partial charge >= 0.3 is 5.97 Å². The molecule has 2 aromatic carbocycles. The number of carbonyl (C=O) groups is 2. The molecular weight excluding hydrogens is 318 g/mol. The first-order valence-electron chi connectivity index (χ1n) is 8.17. The number of benzene rings is 2. The molecule has 0 aliphatic rings. The van der Waals surface area contributed by atoms with Crippen LogP contribution in [0.25, 0.3) is 11.0 Å². The van der Waals surface area contributed by atoms with Gasteiger partial charge in [-0.25, -0.2) is 4.79 Å². The van der Waals surface area contributed by atoms with E-state index >= 15 is 0 Å². The lowest BCUT2D eigenvalue weighted by Crippen LogP contribution is -2.13. The zero-order valence-corrected chi connectivity index (χ0v) is 14.2. The smallest absolute Gasteiger partial charge is 0.338 e. The van der Waals surface area contributed by atoms with Crippen molar-refractivity contribution in [3.8, 4) is 0 Å². The second kappa shape index (κ2) is 7.21. The molecule has 0 aliphatic heterocycles. The molecule has 3 aromatic rings. The molecule has 1 aromatic heterocycles. The molecule has 1 N–H and O–H groups in total. The van der Waals surface area contributed by atoms with E-state index in [-0.39, 0.29) is 11.7 Å². The van der Waals surface area contributed by atoms with Gasteiger partial charge in [0.05, 0.1) is 12.2 Å². The van der Waals surface area contributed by atoms with Gasteiger partial charge in [0.2, 0.25) is 0 Å². The first-order valence-corrected chi connectivity index (χ1v) is 8.17. The van der Waals surface area contributed by atoms with Crippen molar-refractivity contribution in [2.24, 2.45) is 0 Å². The minimum absolute atomic E-state index is 0.264. The van der Waals surface area contributed by atoms with Crippen molar-refractivity contribution in [1.29, 1.82) is 0 Å². The van der Waals surface area contributed by atoms with Gasteiger partial charge in [-0.2, -0.15) is 0 Å². The second-order valence-corrected chi connectivity index (χ2v) is 5.72. The number of rotatable bonds is 5. The van der Waals surface area contributed by atoms with E-state index in [9.17, 15) is 9.59 Å². The van der Waals surface area contributed by atoms with Gasteiger partial charge < -0.3 is 14.5 Å². The monoisotopic (exact) mass is 337 g/mol. The number of para-hydroxylation sites is 1. The van der Waals surface area contributed by atoms with Crippen molar-refractivity contribution in [3.05, 3.63) is 65.4 Å². The van der Waals surface area contributed by atoms with Crippen LogP contribution in [0.15, 0.2) is 52.9 Å². The summed E-state index contributed by atoms with van der Waals surface area (Å²) in [5, 5.41) is 3.68. The first-order chi connectivity index (χ1) is 12.1. The summed E-state index contributed by atoms with van der Waals surface area (Å²) in [4.78, 5) is 24.5. The van der Waals surface area contributed by atoms with Crippen LogP contribution in [0.5, 0.6) is 0 Å². The summed E-state index contributed by atoms with van der Waals surface area (Å²) in [6.45, 7) is 4.15. The Kier molecular flexibility index (Phi) is 4.84. The van der Waals surface area contributed by atoms with Crippen LogP contribution >= 0.6 is 0 Å². The molecule has 1 amide bonds. The van der Waals surface area contributed by atoms with E-state index < -0.39 is 5.97 Å². The maximum Gasteiger partial charge on any atom is 0.338 e. The molecule has 0 unspecified atom stereocenters. The highest BCUT2D eigenvalue weighted by Crippen LogP contribution is 2.25. The molecule has 0 radical (unpaired) electrons. The molecule has 0 atom stereocenters. The summed E-state index contributed by atoms with van der Waals surface area (Å²) >= 11 is 0. The Morgan fingerprint density at radius 3 is 2.68 bits per heavy atom. The van der Waals surface area contributed by atoms with E-state index in [1.807, 2.05) is 38.1 Å². The summed E-state index contributed by atoms with van der Waals surface area (Å²) in [5.41, 5.74) is 2.36. The van der Waals surface area contributed by atoms with Crippen LogP contribution < -0.4 is 5.32 Å². The SMILES string of the molecule is CCCOC(=O)c1cccc(NC(=O)c2oc3ccccc3c2C)c1. The lowest BCUT2D eigenvalue weighted by molar-refractivity contribution is 0.0505. The number of hydrogen-bond acceptors (Lipinski definition) is 4. The largest absolute Gasteiger partial charge is 0.462 e. The average Bonchev–Trinajstić information content (AvgIpc) is 2.97. The van der Waals surface area contributed by atoms with Crippen LogP contribution in [0.2, 0.25) is 0 Å². The molecule has 128 valence electrons. The average molecular weight is 337 g/mol. The van der Waals surface area contributed by atoms with Gasteiger partial charge in [-0.3, -0.25) is 4.79 Å². The van der Waals surface area contributed by atoms with Crippen LogP contribution in [-0.2, 0) is 4.74 Å². The third kappa shape index (κ3) is 3.55. The molecule has 0 saturated heterocycles. The Labute approximate surface area is 145 Å². The summed E-state index contributed by atoms with van der Waals surface area (Å²) in [5.74, 6) is -0.495. The van der Waals surface area contributed by atoms with Crippen LogP contribution in [0.4, 0.5) is 5.69 Å². The van der Waals surface area contributed by atoms with Crippen molar-refractivity contribution >= 4 is 28.5 Å². The molecule has 0 bridgehead atoms. The zero-order chi connectivity index (χ0) is 17.8. The van der Waals surface area contributed by atoms with Crippen LogP contribution in [0, 0.1) is 6.92 Å². The van der Waals surface area contributed by atoms with Gasteiger partial charge in [-0.1, -0.05) is 31.2 Å². The predicted molar refractivity (Wildman–Crippen MR) is 95.9 cm³/mol. The van der Waals surface area contributed by atoms with Crippen molar-refractivity contribution < 1.29 is 18.7 Å². The van der Waals surface area contributed by atoms with E-state index in [1.54, 1.807) is 24.3 Å². The summed E-state index contributed by atoms with van der Waals surface area (Å²) in [7, 11) is 0. The summed E-state index contributed by atoms with van der Waals surface area (Å²) in [6, 6.07) is 14.2. The van der Waals surface area contributed by atoms with Crippen molar-refractivity contribution in [3.63, 3.8) is 0 Å². The molecule has 5 heteroatoms. The van der Waals surface area contributed by atoms with Gasteiger partial charge in [-0.05, 0) is 37.6 Å². The van der Waals surface area contributed by atoms with E-state index in [2.05, 4.69) is 5.32 Å². The Hall–Kier alpha value is -3.08. The van der Waals surface area contributed by atoms with Gasteiger partial charge in [0.25, 0.3) is 5.91 Å². The number of hydrogen-bond donors (Lipinski definition) is 1. The minimum Gasteiger partial charge on any atom is -0.462 e. The first kappa shape index (κ1) is 16.8. The van der Waals surface area contributed by atoms with Gasteiger partial charge in [0.1, 0.15) is 5.58 Å². The molecule has 1 heterocycles. The highest BCUT2D eigenvalue weighted by atomic mass is 16.5. The third-order valence-electron chi connectivity index (χ3n) is 3.84. The normalized spacial score (nSPS) is 10.6. The highest BCUT2D eigenvalue weighted by molar-refractivity contribution is 6.06. The Balaban J connectivity index is 1.80. The van der Waals surface area contributed by atoms with E-state index in [1.165, 1.54) is 0 Å². The van der Waals surface area contributed by atoms with E-state index in [0.29, 0.717) is 23.4 Å². The van der Waals surface area contributed by atoms with Gasteiger partial charge in [-0.15, -0.1) is 0 Å². The topological polar surface area (TPSA) is 68.5 Å². The number of amides is 1. The fraction of sp³-hybridized carbons (Fsp3) is 0.200. The van der Waals surface area contributed by atoms with Gasteiger partial charge in [0, 0.05) is 16.6 Å². The molecule has 5 nitrogen and oxygen atoms in total. The predicted octanol–water partition coefficient (Wildman–Crippen LogP) is 4.56. The van der Waals surface area contributed by atoms with Crippen LogP contribution in [0.3, 0.4) is 0 Å². The van der Waals surface area contributed by atoms with E-state index in [4.69, 9.17) is 9.15 Å². The number of fused-ring (bicyclic) bond motifs is 1. The maximum absolute atomic E-state index is 12.5. The molecule has 0 saturated carbocycles. The fourth-order valence-corrected chi connectivity index (χ4v) is 2.58. The molecular formula is C20H19NO4. The lowest BCUT2D eigenvalue weighted by atomic mass is 10.1. The Morgan fingerprint density at radius 1 is 1.12 bits per heavy atom. The highest BCUT2D eigenvalue weighted by Gasteiger charge is 2.18. The zero-order valence-electron chi connectivity index (χ0n) is 14.2. The number of ether oxygens (including phenoxy) is 1. The van der Waals surface area contributed by atoms with Crippen molar-refractivity contribution in [2.75, 3.05) is 11.9 Å². The minimum atomic E-state index is -0.405. The maximum atomic E-state index is 12.5. The summed E-state index contributed by atoms with van der Waals surface area (Å²) in [6.07, 6.45) is 0.757. The number of furan rings is 1. The quantitative estimate of drug-likeness (QED) is 0.693. The van der Waals surface area contributed by atoms with Crippen LogP contribution in [-0.4, -0.2) is 18.5 Å². The van der Waals surface area contributed by atoms with Crippen molar-refractivity contribution in [2.45, 2.75) is 20.3 Å². The van der Waals surface area contributed by atoms with Crippen LogP contribution in [0.1, 0.15) is 39.8 Å². The second-order valence-electron chi connectivity index (χ2n) is 5.72. The molecule has 0 spiro atoms. The fourth-order valence-electron chi connectivity index (χ4n) is 2.58. The molecule has 3 rings (SSSR count). The lowest BCUT2D eigenvalue weighted by Gasteiger charge is -2.07. The number of esters is 1. The number of nitrogens with one attached hydrogen (secondary N) is 1. The third-order valence-corrected chi connectivity index (χ3v) is 3.84. The molecule has 0 fully saturated rings. The number of aryl methyl sites for hydroxylation is 1. The Morgan fingerprint density at radius 2 is 1.92 bits per heavy atom. The number of anilines is 1. The number of carbonyl (C=O) groups excluding carboxylic acids is 2. The van der Waals surface area contributed by atoms with Gasteiger partial charge in [0.15, 0.2) is 5.76 Å². The Bertz CT molecular complexity index is 926. The molecule has 25 heavy (non-hydrogen) atoms. The molecule has 0 aliphatic carbocycles. The standard InChI is InChI=1S/C20H19NO4/c1-3-11-24-20(23)14-7-6-8-15(12-14)21-19(22)18-13(2)16-9-4-5-10-17(16)25-18/h4-10,12H,3,11H2,1-2H3,(H,21,22).